The maximum absolute atomic E-state index is 2.64. The molecule has 6 aromatic heterocycles. The van der Waals surface area contributed by atoms with Crippen molar-refractivity contribution in [1.29, 1.82) is 0 Å². The summed E-state index contributed by atoms with van der Waals surface area (Å²) in [5.41, 5.74) is 26.8. The highest BCUT2D eigenvalue weighted by atomic mass is 15.0. The summed E-state index contributed by atoms with van der Waals surface area (Å²) in [5.74, 6) is 0.310. The third kappa shape index (κ3) is 9.03. The maximum Gasteiger partial charge on any atom is 0.0623 e. The van der Waals surface area contributed by atoms with Gasteiger partial charge < -0.3 is 17.9 Å². The summed E-state index contributed by atoms with van der Waals surface area (Å²) in [4.78, 5) is 0. The van der Waals surface area contributed by atoms with Crippen molar-refractivity contribution in [3.05, 3.63) is 324 Å². The second-order valence-electron chi connectivity index (χ2n) is 29.6. The number of hydrogen-bond donors (Lipinski definition) is 0. The van der Waals surface area contributed by atoms with Gasteiger partial charge in [0.25, 0.3) is 0 Å². The Morgan fingerprint density at radius 2 is 0.804 bits per heavy atom. The van der Waals surface area contributed by atoms with Crippen LogP contribution in [0.2, 0.25) is 0 Å². The lowest BCUT2D eigenvalue weighted by atomic mass is 9.85. The Morgan fingerprint density at radius 1 is 0.351 bits per heavy atom. The SMILES string of the molecule is CC(C)(C)c1ccc2c(c1)c1c(CCC(Cc3ccc4c(c3)c3ccccc3n4-c3ccccc3)c3ccccc3)ccc3c4cc5c(cc4n2c31)c1ccc(C/C(=C/c2ccc3c(c2)c2ccccc2n3-c2ccccc2)c2ccccc2)c2c3cc(C(C)(C)C)ccc3n5c12. The quantitative estimate of drug-likeness (QED) is 0.109. The minimum atomic E-state index is -0.0358. The minimum absolute atomic E-state index is 0.0189. The van der Waals surface area contributed by atoms with E-state index in [1.165, 1.54) is 181 Å². The zero-order valence-corrected chi connectivity index (χ0v) is 55.8. The summed E-state index contributed by atoms with van der Waals surface area (Å²) in [5, 5.41) is 15.7. The summed E-state index contributed by atoms with van der Waals surface area (Å²) in [7, 11) is 0. The molecule has 0 bridgehead atoms. The second kappa shape index (κ2) is 21.7. The van der Waals surface area contributed by atoms with Gasteiger partial charge in [0.05, 0.1) is 55.2 Å². The number of allylic oxidation sites excluding steroid dienone is 1. The van der Waals surface area contributed by atoms with Gasteiger partial charge in [0, 0.05) is 76.0 Å². The van der Waals surface area contributed by atoms with E-state index >= 15 is 0 Å². The molecule has 19 aromatic rings. The Balaban J connectivity index is 0.758. The van der Waals surface area contributed by atoms with E-state index in [-0.39, 0.29) is 10.8 Å². The van der Waals surface area contributed by atoms with E-state index in [2.05, 4.69) is 345 Å². The van der Waals surface area contributed by atoms with E-state index in [4.69, 9.17) is 0 Å². The van der Waals surface area contributed by atoms with Crippen molar-refractivity contribution in [2.24, 2.45) is 0 Å². The van der Waals surface area contributed by atoms with Crippen molar-refractivity contribution in [2.45, 2.75) is 84.0 Å². The predicted molar refractivity (Wildman–Crippen MR) is 414 cm³/mol. The van der Waals surface area contributed by atoms with E-state index in [9.17, 15) is 0 Å². The standard InChI is InChI=1S/C93H74N4/c1-92(2,3)66-41-47-84-78(54-66)88-62(37-38-63(60-23-11-7-12-24-60)49-58-35-45-82-74(51-58)70-31-19-21-33-80(70)94(82)68-27-15-9-16-28-68)39-43-72-76-56-87-77(57-86(76)96(84)90(72)88)73-44-40-64(89-79-55-67(93(4,5)6)42-48-85(79)97(87)91(73)89)53-65(61-25-13-8-14-26-61)50-59-36-46-83-75(52-59)71-32-20-22-34-81(71)95(83)69-29-17-10-18-30-69/h7-36,39-48,50-52,54-57,63H,37-38,49,53H2,1-6H3/b65-50-. The number of aryl methyl sites for hydroxylation is 1. The van der Waals surface area contributed by atoms with Gasteiger partial charge in [-0.05, 0) is 190 Å². The van der Waals surface area contributed by atoms with Crippen LogP contribution < -0.4 is 0 Å². The van der Waals surface area contributed by atoms with Gasteiger partial charge in [0.2, 0.25) is 0 Å². The van der Waals surface area contributed by atoms with Crippen LogP contribution >= 0.6 is 0 Å². The van der Waals surface area contributed by atoms with Gasteiger partial charge in [-0.1, -0.05) is 230 Å². The average Bonchev–Trinajstić information content (AvgIpc) is 1.52. The fraction of sp³-hybridized carbons (Fsp3) is 0.140. The van der Waals surface area contributed by atoms with Crippen LogP contribution in [0.1, 0.15) is 98.4 Å². The van der Waals surface area contributed by atoms with Crippen LogP contribution in [0.15, 0.2) is 279 Å². The van der Waals surface area contributed by atoms with Gasteiger partial charge in [-0.25, -0.2) is 0 Å². The molecule has 13 aromatic carbocycles. The van der Waals surface area contributed by atoms with E-state index < -0.39 is 0 Å². The first-order chi connectivity index (χ1) is 47.4. The number of para-hydroxylation sites is 4. The molecule has 0 aliphatic heterocycles. The topological polar surface area (TPSA) is 18.7 Å². The van der Waals surface area contributed by atoms with E-state index in [1.807, 2.05) is 0 Å². The smallest absolute Gasteiger partial charge is 0.0623 e. The first-order valence-corrected chi connectivity index (χ1v) is 34.8. The molecule has 6 heterocycles. The third-order valence-electron chi connectivity index (χ3n) is 21.7. The first-order valence-electron chi connectivity index (χ1n) is 34.8. The highest BCUT2D eigenvalue weighted by Crippen LogP contribution is 2.49. The van der Waals surface area contributed by atoms with Crippen molar-refractivity contribution in [1.82, 2.24) is 17.9 Å². The molecule has 4 nitrogen and oxygen atoms in total. The molecule has 0 amide bonds. The molecular weight excluding hydrogens is 1170 g/mol. The molecular formula is C93H74N4. The third-order valence-corrected chi connectivity index (χ3v) is 21.7. The Kier molecular flexibility index (Phi) is 12.8. The van der Waals surface area contributed by atoms with Crippen LogP contribution in [0.5, 0.6) is 0 Å². The number of fused-ring (bicyclic) bond motifs is 18. The molecule has 466 valence electrons. The van der Waals surface area contributed by atoms with Crippen molar-refractivity contribution in [3.8, 4) is 11.4 Å². The van der Waals surface area contributed by atoms with Crippen LogP contribution in [-0.4, -0.2) is 17.9 Å². The number of nitrogens with zero attached hydrogens (tertiary/aromatic N) is 4. The summed E-state index contributed by atoms with van der Waals surface area (Å²) in [6, 6.07) is 106. The van der Waals surface area contributed by atoms with Crippen LogP contribution in [0.25, 0.3) is 143 Å². The highest BCUT2D eigenvalue weighted by Gasteiger charge is 2.28. The van der Waals surface area contributed by atoms with Crippen molar-refractivity contribution >= 4 is 131 Å². The molecule has 0 fully saturated rings. The number of rotatable bonds is 12. The number of aromatic nitrogens is 4. The lowest BCUT2D eigenvalue weighted by molar-refractivity contribution is 0.591. The Morgan fingerprint density at radius 3 is 1.36 bits per heavy atom. The fourth-order valence-corrected chi connectivity index (χ4v) is 17.0. The van der Waals surface area contributed by atoms with Crippen molar-refractivity contribution in [3.63, 3.8) is 0 Å². The second-order valence-corrected chi connectivity index (χ2v) is 29.6. The molecule has 97 heavy (non-hydrogen) atoms. The summed E-state index contributed by atoms with van der Waals surface area (Å²) < 4.78 is 10.1. The molecule has 1 atom stereocenters. The van der Waals surface area contributed by atoms with Crippen LogP contribution in [-0.2, 0) is 30.1 Å². The summed E-state index contributed by atoms with van der Waals surface area (Å²) in [6.45, 7) is 14.1. The maximum atomic E-state index is 2.64. The first kappa shape index (κ1) is 57.3. The Labute approximate surface area is 564 Å². The van der Waals surface area contributed by atoms with Gasteiger partial charge >= 0.3 is 0 Å². The molecule has 0 saturated carbocycles. The number of hydrogen-bond acceptors (Lipinski definition) is 0. The fourth-order valence-electron chi connectivity index (χ4n) is 17.0. The summed E-state index contributed by atoms with van der Waals surface area (Å²) >= 11 is 0. The normalized spacial score (nSPS) is 13.2. The molecule has 0 N–H and O–H groups in total. The largest absolute Gasteiger partial charge is 0.309 e. The molecule has 0 radical (unpaired) electrons. The zero-order valence-electron chi connectivity index (χ0n) is 55.8. The van der Waals surface area contributed by atoms with Gasteiger partial charge in [0.15, 0.2) is 0 Å². The molecule has 19 rings (SSSR count). The van der Waals surface area contributed by atoms with Crippen LogP contribution in [0.4, 0.5) is 0 Å². The molecule has 0 aliphatic carbocycles. The van der Waals surface area contributed by atoms with Gasteiger partial charge in [-0.3, -0.25) is 0 Å². The molecule has 4 heteroatoms. The van der Waals surface area contributed by atoms with E-state index in [0.29, 0.717) is 5.92 Å². The van der Waals surface area contributed by atoms with Crippen molar-refractivity contribution < 1.29 is 0 Å². The predicted octanol–water partition coefficient (Wildman–Crippen LogP) is 24.5. The van der Waals surface area contributed by atoms with E-state index in [0.717, 1.165) is 25.7 Å². The molecule has 1 unspecified atom stereocenters. The molecule has 0 saturated heterocycles. The zero-order chi connectivity index (χ0) is 65.0. The summed E-state index contributed by atoms with van der Waals surface area (Å²) in [6.07, 6.45) is 6.13. The lowest BCUT2D eigenvalue weighted by Crippen LogP contribution is -2.10. The Bertz CT molecular complexity index is 6360. The molecule has 0 spiro atoms. The lowest BCUT2D eigenvalue weighted by Gasteiger charge is -2.20. The minimum Gasteiger partial charge on any atom is -0.309 e. The highest BCUT2D eigenvalue weighted by molar-refractivity contribution is 6.30. The van der Waals surface area contributed by atoms with Crippen molar-refractivity contribution in [2.75, 3.05) is 0 Å². The monoisotopic (exact) mass is 1250 g/mol. The van der Waals surface area contributed by atoms with Gasteiger partial charge in [0.1, 0.15) is 0 Å². The van der Waals surface area contributed by atoms with Gasteiger partial charge in [-0.15, -0.1) is 0 Å². The van der Waals surface area contributed by atoms with Crippen LogP contribution in [0.3, 0.4) is 0 Å². The molecule has 0 aliphatic rings. The van der Waals surface area contributed by atoms with Gasteiger partial charge in [-0.2, -0.15) is 0 Å². The Hall–Kier alpha value is -11.2. The number of benzene rings is 13. The van der Waals surface area contributed by atoms with E-state index in [1.54, 1.807) is 0 Å². The average molecular weight is 1250 g/mol. The van der Waals surface area contributed by atoms with Crippen LogP contribution in [0, 0.1) is 0 Å².